The Hall–Kier alpha value is -3.42. The topological polar surface area (TPSA) is 90.2 Å². The molecule has 0 aromatic heterocycles. The molecule has 220 valence electrons. The number of halogens is 2. The second-order valence-electron chi connectivity index (χ2n) is 10.6. The van der Waals surface area contributed by atoms with E-state index in [0.717, 1.165) is 65.3 Å². The second-order valence-corrected chi connectivity index (χ2v) is 11.4. The van der Waals surface area contributed by atoms with Crippen LogP contribution >= 0.6 is 23.2 Å². The quantitative estimate of drug-likeness (QED) is 0.120. The van der Waals surface area contributed by atoms with Gasteiger partial charge in [-0.05, 0) is 92.4 Å². The largest absolute Gasteiger partial charge is 0.453 e. The van der Waals surface area contributed by atoms with E-state index in [1.54, 1.807) is 12.1 Å². The van der Waals surface area contributed by atoms with Crippen molar-refractivity contribution in [1.29, 1.82) is 0 Å². The van der Waals surface area contributed by atoms with E-state index < -0.39 is 0 Å². The Bertz CT molecular complexity index is 1840. The highest BCUT2D eigenvalue weighted by Gasteiger charge is 2.24. The summed E-state index contributed by atoms with van der Waals surface area (Å²) in [5.74, 6) is 0.822. The Morgan fingerprint density at radius 1 is 0.419 bits per heavy atom. The smallest absolute Gasteiger partial charge is 0.154 e. The number of benzene rings is 6. The van der Waals surface area contributed by atoms with E-state index in [9.17, 15) is 20.4 Å². The summed E-state index contributed by atoms with van der Waals surface area (Å²) in [6.45, 7) is -0.206. The molecule has 43 heavy (non-hydrogen) atoms. The van der Waals surface area contributed by atoms with Crippen molar-refractivity contribution in [3.05, 3.63) is 105 Å². The van der Waals surface area contributed by atoms with Gasteiger partial charge in [0.05, 0.1) is 10.0 Å². The molecule has 5 nitrogen and oxygen atoms in total. The van der Waals surface area contributed by atoms with Crippen LogP contribution in [0.25, 0.3) is 43.1 Å². The normalized spacial score (nSPS) is 11.8. The zero-order chi connectivity index (χ0) is 30.1. The molecule has 6 aromatic rings. The summed E-state index contributed by atoms with van der Waals surface area (Å²) in [5, 5.41) is 48.3. The van der Waals surface area contributed by atoms with Crippen molar-refractivity contribution in [2.75, 3.05) is 26.4 Å². The molecule has 0 radical (unpaired) electrons. The summed E-state index contributed by atoms with van der Waals surface area (Å²) in [4.78, 5) is 0. The molecule has 0 unspecified atom stereocenters. The molecule has 0 heterocycles. The number of aliphatic hydroxyl groups excluding tert-OH is 4. The molecule has 4 N–H and O–H groups in total. The maximum absolute atomic E-state index is 10.1. The molecular formula is C36H32Cl2O5. The maximum atomic E-state index is 10.1. The minimum atomic E-state index is -0.0728. The summed E-state index contributed by atoms with van der Waals surface area (Å²) in [6.07, 6.45) is 1.61. The Morgan fingerprint density at radius 3 is 1.09 bits per heavy atom. The van der Waals surface area contributed by atoms with Crippen LogP contribution < -0.4 is 4.74 Å². The summed E-state index contributed by atoms with van der Waals surface area (Å²) in [6, 6.07) is 23.4. The average Bonchev–Trinajstić information content (AvgIpc) is 3.02. The first-order valence-corrected chi connectivity index (χ1v) is 15.2. The minimum absolute atomic E-state index is 0.0301. The van der Waals surface area contributed by atoms with Gasteiger partial charge >= 0.3 is 0 Å². The van der Waals surface area contributed by atoms with Crippen LogP contribution in [-0.2, 0) is 25.7 Å². The monoisotopic (exact) mass is 614 g/mol. The zero-order valence-corrected chi connectivity index (χ0v) is 25.0. The van der Waals surface area contributed by atoms with Crippen molar-refractivity contribution in [2.24, 2.45) is 0 Å². The summed E-state index contributed by atoms with van der Waals surface area (Å²) in [7, 11) is 0. The van der Waals surface area contributed by atoms with Crippen molar-refractivity contribution in [3.63, 3.8) is 0 Å². The van der Waals surface area contributed by atoms with Crippen molar-refractivity contribution < 1.29 is 25.2 Å². The van der Waals surface area contributed by atoms with Crippen LogP contribution in [0.15, 0.2) is 72.8 Å². The fourth-order valence-electron chi connectivity index (χ4n) is 6.60. The van der Waals surface area contributed by atoms with Gasteiger partial charge in [0, 0.05) is 37.2 Å². The highest BCUT2D eigenvalue weighted by Crippen LogP contribution is 2.48. The lowest BCUT2D eigenvalue weighted by Crippen LogP contribution is -2.04. The molecule has 0 atom stereocenters. The van der Waals surface area contributed by atoms with E-state index in [1.807, 2.05) is 60.7 Å². The van der Waals surface area contributed by atoms with E-state index in [-0.39, 0.29) is 26.4 Å². The van der Waals surface area contributed by atoms with Crippen LogP contribution in [0.2, 0.25) is 10.0 Å². The van der Waals surface area contributed by atoms with Gasteiger partial charge in [-0.15, -0.1) is 0 Å². The Balaban J connectivity index is 1.73. The first-order valence-electron chi connectivity index (χ1n) is 14.4. The standard InChI is InChI=1S/C36H32Cl2O5/c37-31-11-9-27-25(13-17-39)21-5-1-3-7-23(21)29(15-19-41)33(27)35(31)43-36-32(38)12-10-28-26(14-18-40)22-6-2-4-8-24(22)30(16-20-42)34(28)36/h1-12,39-42H,13-20H2. The number of hydrogen-bond acceptors (Lipinski definition) is 5. The van der Waals surface area contributed by atoms with Gasteiger partial charge in [-0.25, -0.2) is 0 Å². The van der Waals surface area contributed by atoms with Gasteiger partial charge in [-0.3, -0.25) is 0 Å². The Kier molecular flexibility index (Phi) is 8.73. The Morgan fingerprint density at radius 2 is 0.744 bits per heavy atom. The predicted octanol–water partition coefficient (Wildman–Crippen LogP) is 7.54. The third-order valence-electron chi connectivity index (χ3n) is 8.28. The van der Waals surface area contributed by atoms with Gasteiger partial charge in [-0.1, -0.05) is 83.9 Å². The number of ether oxygens (including phenoxy) is 1. The van der Waals surface area contributed by atoms with Crippen LogP contribution in [0, 0.1) is 0 Å². The molecule has 0 amide bonds. The fourth-order valence-corrected chi connectivity index (χ4v) is 6.99. The number of rotatable bonds is 10. The van der Waals surface area contributed by atoms with E-state index in [4.69, 9.17) is 27.9 Å². The second kappa shape index (κ2) is 12.7. The molecule has 0 fully saturated rings. The molecule has 0 spiro atoms. The number of aliphatic hydroxyl groups is 4. The molecule has 0 saturated carbocycles. The lowest BCUT2D eigenvalue weighted by molar-refractivity contribution is 0.299. The van der Waals surface area contributed by atoms with E-state index >= 15 is 0 Å². The fraction of sp³-hybridized carbons (Fsp3) is 0.222. The third-order valence-corrected chi connectivity index (χ3v) is 8.87. The lowest BCUT2D eigenvalue weighted by atomic mass is 9.88. The molecule has 0 bridgehead atoms. The third kappa shape index (κ3) is 5.10. The van der Waals surface area contributed by atoms with Crippen LogP contribution in [0.1, 0.15) is 22.3 Å². The van der Waals surface area contributed by atoms with Crippen molar-refractivity contribution in [2.45, 2.75) is 25.7 Å². The molecular weight excluding hydrogens is 583 g/mol. The first-order chi connectivity index (χ1) is 21.0. The van der Waals surface area contributed by atoms with E-state index in [2.05, 4.69) is 0 Å². The maximum Gasteiger partial charge on any atom is 0.154 e. The van der Waals surface area contributed by atoms with E-state index in [1.165, 1.54) is 0 Å². The van der Waals surface area contributed by atoms with Crippen LogP contribution in [0.3, 0.4) is 0 Å². The number of fused-ring (bicyclic) bond motifs is 4. The summed E-state index contributed by atoms with van der Waals surface area (Å²) in [5.41, 5.74) is 3.73. The minimum Gasteiger partial charge on any atom is -0.453 e. The first kappa shape index (κ1) is 29.6. The van der Waals surface area contributed by atoms with Crippen LogP contribution in [-0.4, -0.2) is 46.9 Å². The van der Waals surface area contributed by atoms with Gasteiger partial charge < -0.3 is 25.2 Å². The van der Waals surface area contributed by atoms with Crippen molar-refractivity contribution >= 4 is 66.3 Å². The summed E-state index contributed by atoms with van der Waals surface area (Å²) >= 11 is 13.9. The molecule has 6 rings (SSSR count). The highest BCUT2D eigenvalue weighted by atomic mass is 35.5. The van der Waals surface area contributed by atoms with Gasteiger partial charge in [0.25, 0.3) is 0 Å². The highest BCUT2D eigenvalue weighted by molar-refractivity contribution is 6.35. The number of hydrogen-bond donors (Lipinski definition) is 4. The van der Waals surface area contributed by atoms with Gasteiger partial charge in [0.1, 0.15) is 0 Å². The summed E-state index contributed by atoms with van der Waals surface area (Å²) < 4.78 is 6.85. The van der Waals surface area contributed by atoms with E-state index in [0.29, 0.717) is 47.2 Å². The molecule has 6 aromatic carbocycles. The SMILES string of the molecule is OCCc1c2ccccc2c(CCO)c2c(Oc3c(Cl)ccc4c(CCO)c5ccccc5c(CCO)c34)c(Cl)ccc12. The average molecular weight is 616 g/mol. The molecule has 0 saturated heterocycles. The van der Waals surface area contributed by atoms with Crippen LogP contribution in [0.5, 0.6) is 11.5 Å². The van der Waals surface area contributed by atoms with Gasteiger partial charge in [0.2, 0.25) is 0 Å². The van der Waals surface area contributed by atoms with Crippen LogP contribution in [0.4, 0.5) is 0 Å². The van der Waals surface area contributed by atoms with Crippen molar-refractivity contribution in [3.8, 4) is 11.5 Å². The molecule has 7 heteroatoms. The van der Waals surface area contributed by atoms with Gasteiger partial charge in [0.15, 0.2) is 11.5 Å². The lowest BCUT2D eigenvalue weighted by Gasteiger charge is -2.22. The molecule has 0 aliphatic heterocycles. The van der Waals surface area contributed by atoms with Gasteiger partial charge in [-0.2, -0.15) is 0 Å². The van der Waals surface area contributed by atoms with Crippen molar-refractivity contribution in [1.82, 2.24) is 0 Å². The predicted molar refractivity (Wildman–Crippen MR) is 176 cm³/mol. The molecule has 0 aliphatic rings. The zero-order valence-electron chi connectivity index (χ0n) is 23.5. The Labute approximate surface area is 259 Å². The molecule has 0 aliphatic carbocycles.